The molecule has 0 fully saturated rings. The Morgan fingerprint density at radius 2 is 2.20 bits per heavy atom. The molecule has 1 N–H and O–H groups in total. The van der Waals surface area contributed by atoms with Crippen LogP contribution in [0.25, 0.3) is 0 Å². The highest BCUT2D eigenvalue weighted by Gasteiger charge is 2.10. The van der Waals surface area contributed by atoms with Crippen LogP contribution in [0.15, 0.2) is 12.1 Å². The third kappa shape index (κ3) is 2.56. The molecule has 0 aliphatic rings. The molecule has 0 amide bonds. The Labute approximate surface area is 87.5 Å². The van der Waals surface area contributed by atoms with Gasteiger partial charge in [-0.1, -0.05) is 6.07 Å². The quantitative estimate of drug-likeness (QED) is 0.760. The van der Waals surface area contributed by atoms with Gasteiger partial charge < -0.3 is 9.84 Å². The normalized spacial score (nSPS) is 9.73. The lowest BCUT2D eigenvalue weighted by molar-refractivity contribution is -0.136. The fourth-order valence-electron chi connectivity index (χ4n) is 1.41. The van der Waals surface area contributed by atoms with Crippen LogP contribution in [0.3, 0.4) is 0 Å². The second kappa shape index (κ2) is 4.59. The Morgan fingerprint density at radius 3 is 2.67 bits per heavy atom. The second-order valence-corrected chi connectivity index (χ2v) is 3.21. The lowest BCUT2D eigenvalue weighted by atomic mass is 10.0. The molecule has 0 aromatic heterocycles. The van der Waals surface area contributed by atoms with E-state index in [1.54, 1.807) is 19.1 Å². The Balaban J connectivity index is 3.20. The minimum atomic E-state index is -0.956. The highest BCUT2D eigenvalue weighted by molar-refractivity contribution is 5.82. The van der Waals surface area contributed by atoms with Crippen molar-refractivity contribution in [3.63, 3.8) is 0 Å². The van der Waals surface area contributed by atoms with Crippen molar-refractivity contribution in [1.82, 2.24) is 0 Å². The van der Waals surface area contributed by atoms with E-state index < -0.39 is 5.97 Å². The summed E-state index contributed by atoms with van der Waals surface area (Å²) in [5.41, 5.74) is 1.69. The SMILES string of the molecule is COc1cc(C=O)c(CC(=O)O)cc1C. The van der Waals surface area contributed by atoms with E-state index >= 15 is 0 Å². The van der Waals surface area contributed by atoms with Crippen molar-refractivity contribution in [2.45, 2.75) is 13.3 Å². The summed E-state index contributed by atoms with van der Waals surface area (Å²) < 4.78 is 5.04. The van der Waals surface area contributed by atoms with Crippen LogP contribution in [0, 0.1) is 6.92 Å². The van der Waals surface area contributed by atoms with E-state index in [4.69, 9.17) is 9.84 Å². The molecule has 0 aliphatic carbocycles. The number of aryl methyl sites for hydroxylation is 1. The molecule has 1 aromatic carbocycles. The number of hydrogen-bond donors (Lipinski definition) is 1. The van der Waals surface area contributed by atoms with Crippen LogP contribution in [0.4, 0.5) is 0 Å². The van der Waals surface area contributed by atoms with Crippen molar-refractivity contribution in [3.05, 3.63) is 28.8 Å². The second-order valence-electron chi connectivity index (χ2n) is 3.21. The van der Waals surface area contributed by atoms with Crippen molar-refractivity contribution in [3.8, 4) is 5.75 Å². The van der Waals surface area contributed by atoms with Gasteiger partial charge in [-0.2, -0.15) is 0 Å². The average molecular weight is 208 g/mol. The molecule has 0 unspecified atom stereocenters. The largest absolute Gasteiger partial charge is 0.496 e. The predicted molar refractivity (Wildman–Crippen MR) is 54.5 cm³/mol. The van der Waals surface area contributed by atoms with Gasteiger partial charge in [0, 0.05) is 5.56 Å². The minimum Gasteiger partial charge on any atom is -0.496 e. The molecule has 15 heavy (non-hydrogen) atoms. The molecule has 0 heterocycles. The number of ether oxygens (including phenoxy) is 1. The van der Waals surface area contributed by atoms with Gasteiger partial charge in [0.05, 0.1) is 13.5 Å². The molecule has 0 atom stereocenters. The average Bonchev–Trinajstić information content (AvgIpc) is 2.17. The molecule has 1 rings (SSSR count). The van der Waals surface area contributed by atoms with E-state index in [-0.39, 0.29) is 6.42 Å². The summed E-state index contributed by atoms with van der Waals surface area (Å²) in [4.78, 5) is 21.3. The number of methoxy groups -OCH3 is 1. The first-order valence-corrected chi connectivity index (χ1v) is 4.43. The van der Waals surface area contributed by atoms with E-state index in [1.165, 1.54) is 7.11 Å². The lowest BCUT2D eigenvalue weighted by Gasteiger charge is -2.08. The van der Waals surface area contributed by atoms with Crippen LogP contribution in [0.1, 0.15) is 21.5 Å². The predicted octanol–water partition coefficient (Wildman–Crippen LogP) is 1.44. The maximum Gasteiger partial charge on any atom is 0.307 e. The van der Waals surface area contributed by atoms with Crippen molar-refractivity contribution in [2.75, 3.05) is 7.11 Å². The number of carbonyl (C=O) groups excluding carboxylic acids is 1. The Morgan fingerprint density at radius 1 is 1.53 bits per heavy atom. The van der Waals surface area contributed by atoms with Crippen molar-refractivity contribution < 1.29 is 19.4 Å². The Kier molecular flexibility index (Phi) is 3.44. The molecule has 0 saturated heterocycles. The zero-order valence-corrected chi connectivity index (χ0v) is 8.61. The fraction of sp³-hybridized carbons (Fsp3) is 0.273. The molecule has 4 heteroatoms. The molecule has 80 valence electrons. The lowest BCUT2D eigenvalue weighted by Crippen LogP contribution is -2.04. The van der Waals surface area contributed by atoms with Gasteiger partial charge in [-0.05, 0) is 24.1 Å². The first kappa shape index (κ1) is 11.2. The molecule has 0 bridgehead atoms. The van der Waals surface area contributed by atoms with Crippen molar-refractivity contribution in [1.29, 1.82) is 0 Å². The number of hydrogen-bond acceptors (Lipinski definition) is 3. The molecule has 0 saturated carbocycles. The summed E-state index contributed by atoms with van der Waals surface area (Å²) in [6.45, 7) is 1.80. The zero-order chi connectivity index (χ0) is 11.4. The van der Waals surface area contributed by atoms with Crippen LogP contribution in [0.2, 0.25) is 0 Å². The van der Waals surface area contributed by atoms with Crippen LogP contribution in [-0.4, -0.2) is 24.5 Å². The van der Waals surface area contributed by atoms with Gasteiger partial charge >= 0.3 is 5.97 Å². The van der Waals surface area contributed by atoms with E-state index in [0.717, 1.165) is 5.56 Å². The third-order valence-electron chi connectivity index (χ3n) is 2.13. The molecule has 0 radical (unpaired) electrons. The van der Waals surface area contributed by atoms with Gasteiger partial charge in [-0.3, -0.25) is 9.59 Å². The van der Waals surface area contributed by atoms with Crippen LogP contribution in [0.5, 0.6) is 5.75 Å². The summed E-state index contributed by atoms with van der Waals surface area (Å²) in [6, 6.07) is 3.22. The first-order chi connectivity index (χ1) is 7.08. The summed E-state index contributed by atoms with van der Waals surface area (Å²) in [5.74, 6) is -0.367. The van der Waals surface area contributed by atoms with Gasteiger partial charge in [-0.25, -0.2) is 0 Å². The first-order valence-electron chi connectivity index (χ1n) is 4.43. The van der Waals surface area contributed by atoms with Crippen LogP contribution >= 0.6 is 0 Å². The topological polar surface area (TPSA) is 63.6 Å². The number of aldehydes is 1. The molecule has 0 spiro atoms. The molecule has 4 nitrogen and oxygen atoms in total. The van der Waals surface area contributed by atoms with E-state index in [9.17, 15) is 9.59 Å². The molecule has 1 aromatic rings. The minimum absolute atomic E-state index is 0.154. The zero-order valence-electron chi connectivity index (χ0n) is 8.61. The summed E-state index contributed by atoms with van der Waals surface area (Å²) in [6.07, 6.45) is 0.485. The monoisotopic (exact) mass is 208 g/mol. The van der Waals surface area contributed by atoms with E-state index in [1.807, 2.05) is 0 Å². The van der Waals surface area contributed by atoms with Gasteiger partial charge in [0.1, 0.15) is 12.0 Å². The summed E-state index contributed by atoms with van der Waals surface area (Å²) in [5, 5.41) is 8.66. The highest BCUT2D eigenvalue weighted by atomic mass is 16.5. The number of carboxylic acids is 1. The van der Waals surface area contributed by atoms with Crippen molar-refractivity contribution >= 4 is 12.3 Å². The summed E-state index contributed by atoms with van der Waals surface area (Å²) >= 11 is 0. The standard InChI is InChI=1S/C11H12O4/c1-7-3-8(5-11(13)14)9(6-12)4-10(7)15-2/h3-4,6H,5H2,1-2H3,(H,13,14). The van der Waals surface area contributed by atoms with E-state index in [0.29, 0.717) is 23.2 Å². The molecule has 0 aliphatic heterocycles. The van der Waals surface area contributed by atoms with Crippen LogP contribution < -0.4 is 4.74 Å². The molecular formula is C11H12O4. The highest BCUT2D eigenvalue weighted by Crippen LogP contribution is 2.22. The number of rotatable bonds is 4. The maximum atomic E-state index is 10.7. The van der Waals surface area contributed by atoms with Crippen LogP contribution in [-0.2, 0) is 11.2 Å². The van der Waals surface area contributed by atoms with Gasteiger partial charge in [0.2, 0.25) is 0 Å². The molecular weight excluding hydrogens is 196 g/mol. The number of aliphatic carboxylic acids is 1. The van der Waals surface area contributed by atoms with Gasteiger partial charge in [-0.15, -0.1) is 0 Å². The number of benzene rings is 1. The smallest absolute Gasteiger partial charge is 0.307 e. The maximum absolute atomic E-state index is 10.7. The number of carboxylic acid groups (broad SMARTS) is 1. The fourth-order valence-corrected chi connectivity index (χ4v) is 1.41. The van der Waals surface area contributed by atoms with Crippen molar-refractivity contribution in [2.24, 2.45) is 0 Å². The van der Waals surface area contributed by atoms with Gasteiger partial charge in [0.15, 0.2) is 0 Å². The van der Waals surface area contributed by atoms with E-state index in [2.05, 4.69) is 0 Å². The van der Waals surface area contributed by atoms with Gasteiger partial charge in [0.25, 0.3) is 0 Å². The Bertz CT molecular complexity index is 396. The summed E-state index contributed by atoms with van der Waals surface area (Å²) in [7, 11) is 1.51. The Hall–Kier alpha value is -1.84. The number of carbonyl (C=O) groups is 2. The third-order valence-corrected chi connectivity index (χ3v) is 2.13.